The Labute approximate surface area is 174 Å². The number of allylic oxidation sites excluding steroid dienone is 1. The maximum Gasteiger partial charge on any atom is 0.341 e. The van der Waals surface area contributed by atoms with Crippen LogP contribution in [0.2, 0.25) is 0 Å². The number of benzene rings is 1. The van der Waals surface area contributed by atoms with Crippen LogP contribution in [0.25, 0.3) is 0 Å². The number of hydrogen-bond donors (Lipinski definition) is 1. The van der Waals surface area contributed by atoms with Crippen LogP contribution in [-0.2, 0) is 34.0 Å². The zero-order valence-electron chi connectivity index (χ0n) is 17.2. The summed E-state index contributed by atoms with van der Waals surface area (Å²) in [6.07, 6.45) is 1.41. The van der Waals surface area contributed by atoms with Gasteiger partial charge in [0, 0.05) is 17.8 Å². The molecule has 2 aliphatic rings. The van der Waals surface area contributed by atoms with Crippen molar-refractivity contribution in [2.45, 2.75) is 26.2 Å². The maximum atomic E-state index is 13.9. The number of para-hydroxylation sites is 1. The first-order chi connectivity index (χ1) is 14.4. The minimum Gasteiger partial charge on any atom is -0.462 e. The molecule has 1 atom stereocenters. The number of rotatable bonds is 6. The average molecular weight is 412 g/mol. The van der Waals surface area contributed by atoms with Crippen LogP contribution in [0.5, 0.6) is 0 Å². The van der Waals surface area contributed by atoms with Crippen molar-refractivity contribution in [3.05, 3.63) is 65.3 Å². The molecule has 1 aromatic rings. The van der Waals surface area contributed by atoms with Gasteiger partial charge in [-0.05, 0) is 26.8 Å². The van der Waals surface area contributed by atoms with E-state index in [9.17, 15) is 14.4 Å². The molecule has 0 aromatic heterocycles. The Bertz CT molecular complexity index is 993. The molecule has 1 unspecified atom stereocenters. The number of ether oxygens (including phenoxy) is 3. The lowest BCUT2D eigenvalue weighted by atomic mass is 9.67. The minimum atomic E-state index is -1.83. The molecule has 3 rings (SSSR count). The van der Waals surface area contributed by atoms with E-state index in [0.29, 0.717) is 17.8 Å². The molecular weight excluding hydrogens is 388 g/mol. The van der Waals surface area contributed by atoms with Gasteiger partial charge in [-0.3, -0.25) is 4.79 Å². The topological polar surface area (TPSA) is 108 Å². The van der Waals surface area contributed by atoms with Crippen molar-refractivity contribution in [3.8, 4) is 0 Å². The van der Waals surface area contributed by atoms with E-state index in [1.165, 1.54) is 17.9 Å². The molecule has 2 aliphatic heterocycles. The number of esters is 2. The third-order valence-corrected chi connectivity index (χ3v) is 5.11. The number of amides is 1. The van der Waals surface area contributed by atoms with Crippen LogP contribution < -0.4 is 10.6 Å². The first-order valence-electron chi connectivity index (χ1n) is 9.62. The van der Waals surface area contributed by atoms with Gasteiger partial charge < -0.3 is 24.8 Å². The fourth-order valence-corrected chi connectivity index (χ4v) is 4.05. The van der Waals surface area contributed by atoms with Gasteiger partial charge in [-0.25, -0.2) is 9.59 Å². The van der Waals surface area contributed by atoms with Gasteiger partial charge in [0.1, 0.15) is 28.9 Å². The largest absolute Gasteiger partial charge is 0.462 e. The molecule has 8 nitrogen and oxygen atoms in total. The summed E-state index contributed by atoms with van der Waals surface area (Å²) in [5.41, 5.74) is 4.96. The van der Waals surface area contributed by atoms with E-state index in [4.69, 9.17) is 19.9 Å². The number of carbonyl (C=O) groups is 3. The molecule has 0 bridgehead atoms. The van der Waals surface area contributed by atoms with Crippen LogP contribution >= 0.6 is 0 Å². The van der Waals surface area contributed by atoms with Crippen LogP contribution in [-0.4, -0.2) is 37.6 Å². The molecule has 2 N–H and O–H groups in total. The second kappa shape index (κ2) is 8.06. The highest BCUT2D eigenvalue weighted by Gasteiger charge is 2.63. The van der Waals surface area contributed by atoms with Crippen molar-refractivity contribution < 1.29 is 28.6 Å². The smallest absolute Gasteiger partial charge is 0.341 e. The minimum absolute atomic E-state index is 0.0535. The average Bonchev–Trinajstić information content (AvgIpc) is 2.94. The second-order valence-corrected chi connectivity index (χ2v) is 6.70. The Kier molecular flexibility index (Phi) is 5.69. The Balaban J connectivity index is 2.39. The fourth-order valence-electron chi connectivity index (χ4n) is 4.05. The first-order valence-corrected chi connectivity index (χ1v) is 9.62. The SMILES string of the molecule is C=CCOC(=O)C1=C(C)OC(N)=C(C(=O)OCC)C12C(=O)N(CC)c1ccccc12. The quantitative estimate of drug-likeness (QED) is 0.563. The second-order valence-electron chi connectivity index (χ2n) is 6.70. The van der Waals surface area contributed by atoms with Crippen LogP contribution in [0.1, 0.15) is 26.3 Å². The zero-order valence-corrected chi connectivity index (χ0v) is 17.2. The number of hydrogen-bond acceptors (Lipinski definition) is 7. The predicted octanol–water partition coefficient (Wildman–Crippen LogP) is 2.06. The van der Waals surface area contributed by atoms with Gasteiger partial charge in [-0.15, -0.1) is 0 Å². The van der Waals surface area contributed by atoms with Crippen molar-refractivity contribution in [2.75, 3.05) is 24.7 Å². The van der Waals surface area contributed by atoms with E-state index in [-0.39, 0.29) is 36.0 Å². The number of carbonyl (C=O) groups excluding carboxylic acids is 3. The number of anilines is 1. The summed E-state index contributed by atoms with van der Waals surface area (Å²) >= 11 is 0. The monoisotopic (exact) mass is 412 g/mol. The molecule has 0 radical (unpaired) electrons. The highest BCUT2D eigenvalue weighted by Crippen LogP contribution is 2.54. The molecule has 0 aliphatic carbocycles. The molecule has 1 amide bonds. The van der Waals surface area contributed by atoms with Crippen molar-refractivity contribution in [1.29, 1.82) is 0 Å². The van der Waals surface area contributed by atoms with E-state index in [0.717, 1.165) is 0 Å². The first kappa shape index (κ1) is 21.2. The lowest BCUT2D eigenvalue weighted by Crippen LogP contribution is -2.50. The summed E-state index contributed by atoms with van der Waals surface area (Å²) in [6, 6.07) is 6.94. The normalized spacial score (nSPS) is 20.2. The van der Waals surface area contributed by atoms with E-state index >= 15 is 0 Å². The van der Waals surface area contributed by atoms with Crippen LogP contribution in [0.4, 0.5) is 5.69 Å². The Hall–Kier alpha value is -3.55. The predicted molar refractivity (Wildman–Crippen MR) is 109 cm³/mol. The zero-order chi connectivity index (χ0) is 22.1. The summed E-state index contributed by atoms with van der Waals surface area (Å²) in [4.78, 5) is 41.5. The van der Waals surface area contributed by atoms with Gasteiger partial charge in [0.25, 0.3) is 0 Å². The molecule has 2 heterocycles. The molecule has 0 fully saturated rings. The van der Waals surface area contributed by atoms with Crippen molar-refractivity contribution in [3.63, 3.8) is 0 Å². The molecule has 0 saturated heterocycles. The third-order valence-electron chi connectivity index (χ3n) is 5.11. The third kappa shape index (κ3) is 2.87. The van der Waals surface area contributed by atoms with Crippen molar-refractivity contribution in [2.24, 2.45) is 5.73 Å². The van der Waals surface area contributed by atoms with Gasteiger partial charge in [-0.2, -0.15) is 0 Å². The summed E-state index contributed by atoms with van der Waals surface area (Å²) in [5, 5.41) is 0. The number of fused-ring (bicyclic) bond motifs is 2. The summed E-state index contributed by atoms with van der Waals surface area (Å²) in [7, 11) is 0. The van der Waals surface area contributed by atoms with Crippen molar-refractivity contribution in [1.82, 2.24) is 0 Å². The van der Waals surface area contributed by atoms with E-state index in [1.54, 1.807) is 38.1 Å². The number of nitrogens with zero attached hydrogens (tertiary/aromatic N) is 1. The van der Waals surface area contributed by atoms with Gasteiger partial charge >= 0.3 is 11.9 Å². The lowest BCUT2D eigenvalue weighted by Gasteiger charge is -2.36. The standard InChI is InChI=1S/C22H24N2O6/c1-5-12-29-19(25)16-13(4)30-18(23)17(20(26)28-7-3)22(16)14-10-8-9-11-15(14)24(6-2)21(22)27/h5,8-11H,1,6-7,12,23H2,2-4H3. The van der Waals surface area contributed by atoms with Gasteiger partial charge in [0.2, 0.25) is 11.8 Å². The van der Waals surface area contributed by atoms with Gasteiger partial charge in [0.05, 0.1) is 6.61 Å². The van der Waals surface area contributed by atoms with Gasteiger partial charge in [-0.1, -0.05) is 30.9 Å². The highest BCUT2D eigenvalue weighted by atomic mass is 16.5. The van der Waals surface area contributed by atoms with Gasteiger partial charge in [0.15, 0.2) is 0 Å². The van der Waals surface area contributed by atoms with E-state index in [1.807, 2.05) is 0 Å². The molecular formula is C22H24N2O6. The number of likely N-dealkylation sites (N-methyl/N-ethyl adjacent to an activating group) is 1. The Morgan fingerprint density at radius 1 is 1.20 bits per heavy atom. The maximum absolute atomic E-state index is 13.9. The molecule has 1 spiro atoms. The Morgan fingerprint density at radius 2 is 1.87 bits per heavy atom. The van der Waals surface area contributed by atoms with E-state index in [2.05, 4.69) is 6.58 Å². The Morgan fingerprint density at radius 3 is 2.50 bits per heavy atom. The fraction of sp³-hybridized carbons (Fsp3) is 0.318. The van der Waals surface area contributed by atoms with Crippen LogP contribution in [0.3, 0.4) is 0 Å². The summed E-state index contributed by atoms with van der Waals surface area (Å²) in [5.74, 6) is -2.34. The van der Waals surface area contributed by atoms with Crippen molar-refractivity contribution >= 4 is 23.5 Å². The number of nitrogens with two attached hydrogens (primary N) is 1. The molecule has 30 heavy (non-hydrogen) atoms. The molecule has 158 valence electrons. The molecule has 1 aromatic carbocycles. The summed E-state index contributed by atoms with van der Waals surface area (Å²) in [6.45, 7) is 8.78. The molecule has 8 heteroatoms. The van der Waals surface area contributed by atoms with Crippen LogP contribution in [0, 0.1) is 0 Å². The highest BCUT2D eigenvalue weighted by molar-refractivity contribution is 6.22. The summed E-state index contributed by atoms with van der Waals surface area (Å²) < 4.78 is 16.0. The lowest BCUT2D eigenvalue weighted by molar-refractivity contribution is -0.143. The molecule has 0 saturated carbocycles. The van der Waals surface area contributed by atoms with E-state index < -0.39 is 23.3 Å². The van der Waals surface area contributed by atoms with Crippen LogP contribution in [0.15, 0.2) is 59.7 Å².